The van der Waals surface area contributed by atoms with Gasteiger partial charge in [0.05, 0.1) is 16.4 Å². The minimum Gasteiger partial charge on any atom is -0.357 e. The zero-order valence-corrected chi connectivity index (χ0v) is 17.3. The third-order valence-electron chi connectivity index (χ3n) is 4.00. The lowest BCUT2D eigenvalue weighted by atomic mass is 10.1. The fourth-order valence-electron chi connectivity index (χ4n) is 2.55. The molecule has 0 radical (unpaired) electrons. The van der Waals surface area contributed by atoms with Crippen molar-refractivity contribution < 1.29 is 17.7 Å². The van der Waals surface area contributed by atoms with Gasteiger partial charge in [0.25, 0.3) is 5.69 Å². The van der Waals surface area contributed by atoms with Crippen molar-refractivity contribution >= 4 is 21.7 Å². The average molecular weight is 437 g/mol. The molecule has 3 N–H and O–H groups in total. The molecule has 0 amide bonds. The summed E-state index contributed by atoms with van der Waals surface area (Å²) in [5.74, 6) is 0.209. The molecule has 0 atom stereocenters. The molecule has 0 aliphatic carbocycles. The minimum absolute atomic E-state index is 0.00884. The molecule has 0 spiro atoms. The van der Waals surface area contributed by atoms with Crippen LogP contribution in [0.5, 0.6) is 0 Å². The minimum atomic E-state index is -3.89. The van der Waals surface area contributed by atoms with Gasteiger partial charge in [-0.25, -0.2) is 17.5 Å². The van der Waals surface area contributed by atoms with Crippen LogP contribution in [-0.2, 0) is 16.4 Å². The van der Waals surface area contributed by atoms with Gasteiger partial charge in [0.2, 0.25) is 10.0 Å². The van der Waals surface area contributed by atoms with Gasteiger partial charge in [-0.2, -0.15) is 0 Å². The summed E-state index contributed by atoms with van der Waals surface area (Å²) in [5.41, 5.74) is 0.287. The average Bonchev–Trinajstić information content (AvgIpc) is 2.72. The maximum absolute atomic E-state index is 13.7. The van der Waals surface area contributed by atoms with Crippen molar-refractivity contribution in [2.24, 2.45) is 4.99 Å². The van der Waals surface area contributed by atoms with Crippen LogP contribution in [0.1, 0.15) is 12.5 Å². The number of nitro benzene ring substituents is 1. The van der Waals surface area contributed by atoms with Crippen LogP contribution in [0.3, 0.4) is 0 Å². The summed E-state index contributed by atoms with van der Waals surface area (Å²) in [4.78, 5) is 14.2. The van der Waals surface area contributed by atoms with Gasteiger partial charge in [0.15, 0.2) is 5.96 Å². The van der Waals surface area contributed by atoms with E-state index in [1.165, 1.54) is 24.3 Å². The van der Waals surface area contributed by atoms with Crippen molar-refractivity contribution in [3.8, 4) is 0 Å². The van der Waals surface area contributed by atoms with E-state index in [1.54, 1.807) is 18.2 Å². The van der Waals surface area contributed by atoms with E-state index in [4.69, 9.17) is 0 Å². The van der Waals surface area contributed by atoms with E-state index in [2.05, 4.69) is 20.3 Å². The summed E-state index contributed by atoms with van der Waals surface area (Å²) in [5, 5.41) is 16.9. The summed E-state index contributed by atoms with van der Waals surface area (Å²) in [6.07, 6.45) is 0.469. The number of non-ortho nitro benzene ring substituents is 1. The first kappa shape index (κ1) is 23.2. The second-order valence-electron chi connectivity index (χ2n) is 6.18. The van der Waals surface area contributed by atoms with Crippen molar-refractivity contribution in [1.82, 2.24) is 15.4 Å². The van der Waals surface area contributed by atoms with Crippen LogP contribution in [0.2, 0.25) is 0 Å². The summed E-state index contributed by atoms with van der Waals surface area (Å²) in [6.45, 7) is 3.09. The number of nitro groups is 1. The predicted molar refractivity (Wildman–Crippen MR) is 112 cm³/mol. The highest BCUT2D eigenvalue weighted by Crippen LogP contribution is 2.16. The first-order valence-electron chi connectivity index (χ1n) is 9.33. The first-order valence-corrected chi connectivity index (χ1v) is 10.8. The number of nitrogens with zero attached hydrogens (tertiary/aromatic N) is 2. The van der Waals surface area contributed by atoms with Gasteiger partial charge in [0, 0.05) is 31.8 Å². The number of guanidine groups is 1. The van der Waals surface area contributed by atoms with Gasteiger partial charge in [-0.1, -0.05) is 24.3 Å². The van der Waals surface area contributed by atoms with E-state index in [9.17, 15) is 22.9 Å². The molecule has 0 fully saturated rings. The van der Waals surface area contributed by atoms with Gasteiger partial charge < -0.3 is 10.6 Å². The fraction of sp³-hybridized carbons (Fsp3) is 0.316. The topological polar surface area (TPSA) is 126 Å². The first-order chi connectivity index (χ1) is 14.3. The number of benzene rings is 2. The Morgan fingerprint density at radius 3 is 2.60 bits per heavy atom. The summed E-state index contributed by atoms with van der Waals surface area (Å²) >= 11 is 0. The lowest BCUT2D eigenvalue weighted by Gasteiger charge is -2.12. The van der Waals surface area contributed by atoms with Gasteiger partial charge in [-0.15, -0.1) is 0 Å². The van der Waals surface area contributed by atoms with Crippen LogP contribution in [-0.4, -0.2) is 45.5 Å². The third-order valence-corrected chi connectivity index (χ3v) is 5.46. The number of hydrogen-bond acceptors (Lipinski definition) is 5. The molecule has 162 valence electrons. The number of aliphatic imine (C=N–C) groups is 1. The SMILES string of the molecule is CCNC(=NCCNS(=O)(=O)c1cccc([N+](=O)[O-])c1)NCCc1ccccc1F. The van der Waals surface area contributed by atoms with Crippen LogP contribution >= 0.6 is 0 Å². The molecule has 0 heterocycles. The monoisotopic (exact) mass is 437 g/mol. The summed E-state index contributed by atoms with van der Waals surface area (Å²) in [6, 6.07) is 11.3. The van der Waals surface area contributed by atoms with E-state index in [0.717, 1.165) is 6.07 Å². The van der Waals surface area contributed by atoms with E-state index in [0.29, 0.717) is 31.0 Å². The Labute approximate surface area is 174 Å². The Morgan fingerprint density at radius 2 is 1.90 bits per heavy atom. The molecule has 0 bridgehead atoms. The highest BCUT2D eigenvalue weighted by atomic mass is 32.2. The zero-order chi connectivity index (χ0) is 22.0. The molecular weight excluding hydrogens is 413 g/mol. The number of nitrogens with one attached hydrogen (secondary N) is 3. The summed E-state index contributed by atoms with van der Waals surface area (Å²) < 4.78 is 40.6. The van der Waals surface area contributed by atoms with Crippen molar-refractivity contribution in [3.63, 3.8) is 0 Å². The largest absolute Gasteiger partial charge is 0.357 e. The van der Waals surface area contributed by atoms with Crippen LogP contribution in [0.15, 0.2) is 58.4 Å². The lowest BCUT2D eigenvalue weighted by molar-refractivity contribution is -0.385. The normalized spacial score (nSPS) is 11.9. The second kappa shape index (κ2) is 11.2. The molecule has 0 aliphatic rings. The molecule has 11 heteroatoms. The molecule has 2 aromatic rings. The fourth-order valence-corrected chi connectivity index (χ4v) is 3.61. The van der Waals surface area contributed by atoms with Gasteiger partial charge in [-0.3, -0.25) is 15.1 Å². The van der Waals surface area contributed by atoms with Crippen molar-refractivity contribution in [2.45, 2.75) is 18.2 Å². The number of hydrogen-bond donors (Lipinski definition) is 3. The Morgan fingerprint density at radius 1 is 1.13 bits per heavy atom. The second-order valence-corrected chi connectivity index (χ2v) is 7.95. The molecule has 2 rings (SSSR count). The molecule has 9 nitrogen and oxygen atoms in total. The number of halogens is 1. The molecule has 0 saturated heterocycles. The van der Waals surface area contributed by atoms with Crippen LogP contribution in [0, 0.1) is 15.9 Å². The molecule has 0 saturated carbocycles. The number of rotatable bonds is 10. The Kier molecular flexibility index (Phi) is 8.69. The molecule has 0 unspecified atom stereocenters. The van der Waals surface area contributed by atoms with E-state index in [1.807, 2.05) is 6.92 Å². The predicted octanol–water partition coefficient (Wildman–Crippen LogP) is 1.81. The molecule has 0 aromatic heterocycles. The van der Waals surface area contributed by atoms with Gasteiger partial charge in [-0.05, 0) is 31.0 Å². The maximum atomic E-state index is 13.7. The highest BCUT2D eigenvalue weighted by Gasteiger charge is 2.16. The van der Waals surface area contributed by atoms with Crippen molar-refractivity contribution in [1.29, 1.82) is 0 Å². The number of sulfonamides is 1. The van der Waals surface area contributed by atoms with E-state index >= 15 is 0 Å². The van der Waals surface area contributed by atoms with E-state index in [-0.39, 0.29) is 29.5 Å². The Hall–Kier alpha value is -3.05. The van der Waals surface area contributed by atoms with Crippen molar-refractivity contribution in [2.75, 3.05) is 26.2 Å². The quantitative estimate of drug-likeness (QED) is 0.171. The molecule has 2 aromatic carbocycles. The molecule has 30 heavy (non-hydrogen) atoms. The van der Waals surface area contributed by atoms with E-state index < -0.39 is 14.9 Å². The Balaban J connectivity index is 1.88. The summed E-state index contributed by atoms with van der Waals surface area (Å²) in [7, 11) is -3.89. The molecular formula is C19H24FN5O4S. The Bertz CT molecular complexity index is 998. The third kappa shape index (κ3) is 7.08. The highest BCUT2D eigenvalue weighted by molar-refractivity contribution is 7.89. The smallest absolute Gasteiger partial charge is 0.270 e. The molecule has 0 aliphatic heterocycles. The zero-order valence-electron chi connectivity index (χ0n) is 16.5. The van der Waals surface area contributed by atoms with Gasteiger partial charge in [0.1, 0.15) is 5.82 Å². The maximum Gasteiger partial charge on any atom is 0.270 e. The standard InChI is InChI=1S/C19H24FN5O4S/c1-2-21-19(22-11-10-15-6-3-4-9-18(15)20)23-12-13-24-30(28,29)17-8-5-7-16(14-17)25(26)27/h3-9,14,24H,2,10-13H2,1H3,(H2,21,22,23). The van der Waals surface area contributed by atoms with Crippen LogP contribution in [0.4, 0.5) is 10.1 Å². The van der Waals surface area contributed by atoms with Crippen molar-refractivity contribution in [3.05, 3.63) is 70.0 Å². The van der Waals surface area contributed by atoms with Gasteiger partial charge >= 0.3 is 0 Å². The van der Waals surface area contributed by atoms with Crippen LogP contribution in [0.25, 0.3) is 0 Å². The van der Waals surface area contributed by atoms with Crippen LogP contribution < -0.4 is 15.4 Å². The lowest BCUT2D eigenvalue weighted by Crippen LogP contribution is -2.39.